The number of hydrogen-bond donors (Lipinski definition) is 2. The van der Waals surface area contributed by atoms with E-state index in [4.69, 9.17) is 28.8 Å². The number of sulfonamides is 1. The molecule has 2 aromatic carbocycles. The van der Waals surface area contributed by atoms with Crippen molar-refractivity contribution in [3.8, 4) is 17.6 Å². The van der Waals surface area contributed by atoms with Crippen molar-refractivity contribution in [1.82, 2.24) is 9.62 Å². The number of hydrogen-bond acceptors (Lipinski definition) is 9. The quantitative estimate of drug-likeness (QED) is 0.193. The van der Waals surface area contributed by atoms with Gasteiger partial charge in [-0.15, -0.1) is 0 Å². The van der Waals surface area contributed by atoms with Crippen LogP contribution in [0.25, 0.3) is 0 Å². The van der Waals surface area contributed by atoms with Crippen LogP contribution < -0.4 is 9.46 Å². The van der Waals surface area contributed by atoms with Crippen molar-refractivity contribution < 1.29 is 42.0 Å². The lowest BCUT2D eigenvalue weighted by Gasteiger charge is -2.32. The zero-order chi connectivity index (χ0) is 32.1. The molecule has 246 valence electrons. The van der Waals surface area contributed by atoms with Gasteiger partial charge in [-0.25, -0.2) is 17.9 Å². The molecule has 0 aromatic heterocycles. The minimum absolute atomic E-state index is 0.107. The van der Waals surface area contributed by atoms with E-state index in [9.17, 15) is 13.2 Å². The van der Waals surface area contributed by atoms with Crippen LogP contribution in [0.2, 0.25) is 0 Å². The smallest absolute Gasteiger partial charge is 0.410 e. The number of cyclic esters (lactones) is 1. The van der Waals surface area contributed by atoms with Gasteiger partial charge in [0, 0.05) is 51.1 Å². The number of unbranched alkanes of at least 4 members (excludes halogenated alkanes) is 3. The molecule has 12 heteroatoms. The molecular formula is C33H44N2O9S. The Morgan fingerprint density at radius 3 is 2.71 bits per heavy atom. The van der Waals surface area contributed by atoms with Crippen LogP contribution in [0.3, 0.4) is 0 Å². The van der Waals surface area contributed by atoms with Crippen molar-refractivity contribution in [3.63, 3.8) is 0 Å². The van der Waals surface area contributed by atoms with Crippen molar-refractivity contribution in [2.75, 3.05) is 52.7 Å². The number of nitrogens with one attached hydrogen (secondary N) is 1. The predicted molar refractivity (Wildman–Crippen MR) is 167 cm³/mol. The molecular weight excluding hydrogens is 600 g/mol. The Hall–Kier alpha value is -3.18. The molecule has 2 aliphatic heterocycles. The first-order chi connectivity index (χ1) is 21.7. The van der Waals surface area contributed by atoms with Gasteiger partial charge in [-0.3, -0.25) is 0 Å². The molecule has 11 nitrogen and oxygen atoms in total. The van der Waals surface area contributed by atoms with Gasteiger partial charge in [-0.1, -0.05) is 36.8 Å². The third-order valence-corrected chi connectivity index (χ3v) is 8.72. The van der Waals surface area contributed by atoms with E-state index in [0.717, 1.165) is 42.6 Å². The van der Waals surface area contributed by atoms with Crippen LogP contribution in [-0.2, 0) is 35.6 Å². The summed E-state index contributed by atoms with van der Waals surface area (Å²) in [6.07, 6.45) is 3.79. The van der Waals surface area contributed by atoms with Crippen LogP contribution in [0.15, 0.2) is 47.4 Å². The monoisotopic (exact) mass is 644 g/mol. The number of nitrogens with zero attached hydrogens (tertiary/aromatic N) is 1. The summed E-state index contributed by atoms with van der Waals surface area (Å²) >= 11 is 0. The minimum Gasteiger partial charge on any atom is -0.463 e. The Bertz CT molecular complexity index is 1440. The Morgan fingerprint density at radius 2 is 1.87 bits per heavy atom. The molecule has 2 aliphatic rings. The third kappa shape index (κ3) is 11.0. The summed E-state index contributed by atoms with van der Waals surface area (Å²) < 4.78 is 55.4. The topological polar surface area (TPSA) is 133 Å². The van der Waals surface area contributed by atoms with E-state index in [1.165, 1.54) is 12.1 Å². The average molecular weight is 645 g/mol. The SMILES string of the molecule is CC1(C)OCc2cc(C3CN(CCCCCCOCCC#Cc4cccc(S(=O)(=O)NCCOCCO)c4)C(=O)O3)ccc2O1. The molecule has 0 radical (unpaired) electrons. The number of ether oxygens (including phenoxy) is 5. The number of fused-ring (bicyclic) bond motifs is 1. The molecule has 2 N–H and O–H groups in total. The van der Waals surface area contributed by atoms with Gasteiger partial charge in [-0.2, -0.15) is 0 Å². The fraction of sp³-hybridized carbons (Fsp3) is 0.545. The summed E-state index contributed by atoms with van der Waals surface area (Å²) in [7, 11) is -3.67. The first-order valence-corrected chi connectivity index (χ1v) is 16.9. The summed E-state index contributed by atoms with van der Waals surface area (Å²) in [6, 6.07) is 12.4. The van der Waals surface area contributed by atoms with E-state index in [2.05, 4.69) is 16.6 Å². The largest absolute Gasteiger partial charge is 0.463 e. The van der Waals surface area contributed by atoms with Gasteiger partial charge in [0.05, 0.1) is 44.5 Å². The number of aliphatic hydroxyl groups excluding tert-OH is 1. The molecule has 1 atom stereocenters. The van der Waals surface area contributed by atoms with Crippen LogP contribution >= 0.6 is 0 Å². The predicted octanol–water partition coefficient (Wildman–Crippen LogP) is 4.13. The highest BCUT2D eigenvalue weighted by Crippen LogP contribution is 2.35. The lowest BCUT2D eigenvalue weighted by atomic mass is 10.0. The van der Waals surface area contributed by atoms with E-state index in [1.54, 1.807) is 17.0 Å². The molecule has 0 spiro atoms. The van der Waals surface area contributed by atoms with Gasteiger partial charge < -0.3 is 33.7 Å². The van der Waals surface area contributed by atoms with Crippen LogP contribution in [0.1, 0.15) is 68.7 Å². The second-order valence-electron chi connectivity index (χ2n) is 11.3. The summed E-state index contributed by atoms with van der Waals surface area (Å²) in [4.78, 5) is 14.3. The van der Waals surface area contributed by atoms with Crippen molar-refractivity contribution in [2.24, 2.45) is 0 Å². The van der Waals surface area contributed by atoms with Gasteiger partial charge in [0.25, 0.3) is 0 Å². The highest BCUT2D eigenvalue weighted by Gasteiger charge is 2.33. The van der Waals surface area contributed by atoms with Gasteiger partial charge in [-0.05, 0) is 48.7 Å². The highest BCUT2D eigenvalue weighted by molar-refractivity contribution is 7.89. The molecule has 0 aliphatic carbocycles. The zero-order valence-electron chi connectivity index (χ0n) is 26.1. The van der Waals surface area contributed by atoms with Crippen molar-refractivity contribution in [3.05, 3.63) is 59.2 Å². The number of amides is 1. The highest BCUT2D eigenvalue weighted by atomic mass is 32.2. The Labute approximate surface area is 266 Å². The summed E-state index contributed by atoms with van der Waals surface area (Å²) in [5.41, 5.74) is 2.52. The van der Waals surface area contributed by atoms with E-state index in [-0.39, 0.29) is 43.5 Å². The maximum Gasteiger partial charge on any atom is 0.410 e. The lowest BCUT2D eigenvalue weighted by molar-refractivity contribution is -0.180. The van der Waals surface area contributed by atoms with Gasteiger partial charge in [0.15, 0.2) is 0 Å². The zero-order valence-corrected chi connectivity index (χ0v) is 26.9. The fourth-order valence-electron chi connectivity index (χ4n) is 4.91. The van der Waals surface area contributed by atoms with E-state index in [0.29, 0.717) is 44.9 Å². The molecule has 45 heavy (non-hydrogen) atoms. The maximum atomic E-state index is 12.4. The molecule has 4 rings (SSSR count). The molecule has 2 aromatic rings. The summed E-state index contributed by atoms with van der Waals surface area (Å²) in [5.74, 6) is 6.18. The van der Waals surface area contributed by atoms with Crippen LogP contribution in [0.5, 0.6) is 5.75 Å². The van der Waals surface area contributed by atoms with E-state index >= 15 is 0 Å². The molecule has 2 heterocycles. The van der Waals surface area contributed by atoms with Crippen LogP contribution in [0, 0.1) is 11.8 Å². The van der Waals surface area contributed by atoms with Gasteiger partial charge in [0.1, 0.15) is 11.9 Å². The average Bonchev–Trinajstić information content (AvgIpc) is 3.39. The molecule has 1 amide bonds. The molecule has 0 bridgehead atoms. The molecule has 1 unspecified atom stereocenters. The number of carbonyl (C=O) groups is 1. The second kappa shape index (κ2) is 16.9. The first-order valence-electron chi connectivity index (χ1n) is 15.4. The number of rotatable bonds is 17. The molecule has 1 saturated heterocycles. The van der Waals surface area contributed by atoms with Crippen LogP contribution in [-0.4, -0.2) is 83.0 Å². The second-order valence-corrected chi connectivity index (χ2v) is 13.1. The Kier molecular flexibility index (Phi) is 13.1. The minimum atomic E-state index is -3.67. The number of carbonyl (C=O) groups excluding carboxylic acids is 1. The fourth-order valence-corrected chi connectivity index (χ4v) is 5.97. The third-order valence-electron chi connectivity index (χ3n) is 7.26. The summed E-state index contributed by atoms with van der Waals surface area (Å²) in [5, 5.41) is 8.70. The number of benzene rings is 2. The van der Waals surface area contributed by atoms with E-state index < -0.39 is 15.8 Å². The van der Waals surface area contributed by atoms with Crippen molar-refractivity contribution in [2.45, 2.75) is 69.3 Å². The van der Waals surface area contributed by atoms with Crippen molar-refractivity contribution >= 4 is 16.1 Å². The van der Waals surface area contributed by atoms with E-state index in [1.807, 2.05) is 32.0 Å². The van der Waals surface area contributed by atoms with Gasteiger partial charge in [0.2, 0.25) is 15.8 Å². The maximum absolute atomic E-state index is 12.4. The van der Waals surface area contributed by atoms with Crippen molar-refractivity contribution in [1.29, 1.82) is 0 Å². The Morgan fingerprint density at radius 1 is 1.04 bits per heavy atom. The first kappa shape index (κ1) is 34.7. The lowest BCUT2D eigenvalue weighted by Crippen LogP contribution is -2.35. The van der Waals surface area contributed by atoms with Gasteiger partial charge >= 0.3 is 6.09 Å². The summed E-state index contributed by atoms with van der Waals surface area (Å²) in [6.45, 7) is 6.92. The standard InChI is InChI=1S/C33H44N2O9S/c1-33(2)42-25-28-23-27(13-14-30(28)44-33)31-24-35(32(37)43-31)16-6-3-4-7-18-40-19-8-5-10-26-11-9-12-29(22-26)45(38,39)34-15-20-41-21-17-36/h9,11-14,22-23,31,34,36H,3-4,6-8,15-21,24-25H2,1-2H3. The number of aliphatic hydroxyl groups is 1. The van der Waals surface area contributed by atoms with Crippen LogP contribution in [0.4, 0.5) is 4.79 Å². The Balaban J connectivity index is 1.06. The molecule has 1 fully saturated rings. The normalized spacial score (nSPS) is 17.3. The molecule has 0 saturated carbocycles.